The molecule has 1 aromatic heterocycles. The van der Waals surface area contributed by atoms with Gasteiger partial charge in [-0.3, -0.25) is 9.59 Å². The number of carbonyl (C=O) groups excluding carboxylic acids is 2. The molecular formula is C23H32N4O5S. The summed E-state index contributed by atoms with van der Waals surface area (Å²) in [5.74, 6) is -0.837. The standard InChI is InChI=1S/C23H32N4O5S/c1-23(2,3)26-33(30,31)20-9-8-19(32-20)22(29)25-18-6-4-16(5-7-18)10-13-27-14-11-17(12-15-27)21(24)28/h4-9,17,26H,10-15H2,1-3H3,(H2,24,28)(H,25,29). The van der Waals surface area contributed by atoms with Crippen LogP contribution in [0.15, 0.2) is 45.9 Å². The second-order valence-corrected chi connectivity index (χ2v) is 11.0. The number of rotatable bonds is 8. The number of nitrogens with zero attached hydrogens (tertiary/aromatic N) is 1. The molecular weight excluding hydrogens is 444 g/mol. The van der Waals surface area contributed by atoms with E-state index in [0.29, 0.717) is 5.69 Å². The average molecular weight is 477 g/mol. The Hall–Kier alpha value is -2.69. The Morgan fingerprint density at radius 3 is 2.30 bits per heavy atom. The summed E-state index contributed by atoms with van der Waals surface area (Å²) in [5, 5.41) is 2.41. The Morgan fingerprint density at radius 2 is 1.73 bits per heavy atom. The predicted octanol–water partition coefficient (Wildman–Crippen LogP) is 2.35. The molecule has 0 atom stereocenters. The number of piperidine rings is 1. The van der Waals surface area contributed by atoms with Crippen molar-refractivity contribution in [3.63, 3.8) is 0 Å². The highest BCUT2D eigenvalue weighted by molar-refractivity contribution is 7.89. The van der Waals surface area contributed by atoms with Gasteiger partial charge in [-0.25, -0.2) is 13.1 Å². The summed E-state index contributed by atoms with van der Waals surface area (Å²) in [5.41, 5.74) is 6.42. The van der Waals surface area contributed by atoms with Crippen LogP contribution in [0.2, 0.25) is 0 Å². The minimum atomic E-state index is -3.86. The largest absolute Gasteiger partial charge is 0.438 e. The fourth-order valence-corrected chi connectivity index (χ4v) is 5.07. The highest BCUT2D eigenvalue weighted by Gasteiger charge is 2.26. The van der Waals surface area contributed by atoms with Crippen molar-refractivity contribution >= 4 is 27.5 Å². The van der Waals surface area contributed by atoms with Crippen LogP contribution in [0.25, 0.3) is 0 Å². The van der Waals surface area contributed by atoms with Gasteiger partial charge in [-0.1, -0.05) is 12.1 Å². The topological polar surface area (TPSA) is 135 Å². The zero-order chi connectivity index (χ0) is 24.2. The summed E-state index contributed by atoms with van der Waals surface area (Å²) in [7, 11) is -3.86. The summed E-state index contributed by atoms with van der Waals surface area (Å²) in [6.45, 7) is 7.79. The van der Waals surface area contributed by atoms with E-state index in [0.717, 1.165) is 44.5 Å². The van der Waals surface area contributed by atoms with Gasteiger partial charge in [0.1, 0.15) is 0 Å². The third-order valence-corrected chi connectivity index (χ3v) is 7.06. The Bertz CT molecular complexity index is 1080. The number of nitrogens with one attached hydrogen (secondary N) is 2. The number of furan rings is 1. The van der Waals surface area contributed by atoms with Gasteiger partial charge in [-0.2, -0.15) is 0 Å². The smallest absolute Gasteiger partial charge is 0.291 e. The van der Waals surface area contributed by atoms with E-state index in [1.54, 1.807) is 32.9 Å². The van der Waals surface area contributed by atoms with Crippen LogP contribution in [0.3, 0.4) is 0 Å². The van der Waals surface area contributed by atoms with Crippen molar-refractivity contribution in [2.45, 2.75) is 50.7 Å². The van der Waals surface area contributed by atoms with E-state index in [1.807, 2.05) is 12.1 Å². The molecule has 2 amide bonds. The van der Waals surface area contributed by atoms with Crippen molar-refractivity contribution in [2.75, 3.05) is 25.0 Å². The summed E-state index contributed by atoms with van der Waals surface area (Å²) < 4.78 is 32.4. The van der Waals surface area contributed by atoms with Crippen LogP contribution in [0.4, 0.5) is 5.69 Å². The van der Waals surface area contributed by atoms with Gasteiger partial charge < -0.3 is 20.4 Å². The Kier molecular flexibility index (Phi) is 7.61. The van der Waals surface area contributed by atoms with E-state index in [2.05, 4.69) is 14.9 Å². The molecule has 2 heterocycles. The van der Waals surface area contributed by atoms with Crippen LogP contribution in [-0.2, 0) is 21.2 Å². The molecule has 0 bridgehead atoms. The Balaban J connectivity index is 1.51. The lowest BCUT2D eigenvalue weighted by Crippen LogP contribution is -2.40. The second-order valence-electron chi connectivity index (χ2n) is 9.39. The average Bonchev–Trinajstić information content (AvgIpc) is 3.23. The third kappa shape index (κ3) is 7.15. The number of benzene rings is 1. The summed E-state index contributed by atoms with van der Waals surface area (Å²) >= 11 is 0. The van der Waals surface area contributed by atoms with Gasteiger partial charge in [0.05, 0.1) is 0 Å². The molecule has 3 rings (SSSR count). The molecule has 0 spiro atoms. The molecule has 10 heteroatoms. The van der Waals surface area contributed by atoms with Gasteiger partial charge >= 0.3 is 0 Å². The fourth-order valence-electron chi connectivity index (χ4n) is 3.72. The van der Waals surface area contributed by atoms with Gasteiger partial charge in [0.25, 0.3) is 15.9 Å². The first kappa shape index (κ1) is 24.9. The van der Waals surface area contributed by atoms with Crippen LogP contribution in [0.5, 0.6) is 0 Å². The van der Waals surface area contributed by atoms with Crippen molar-refractivity contribution in [3.05, 3.63) is 47.7 Å². The number of anilines is 1. The van der Waals surface area contributed by atoms with E-state index in [9.17, 15) is 18.0 Å². The maximum atomic E-state index is 12.5. The maximum absolute atomic E-state index is 12.5. The van der Waals surface area contributed by atoms with E-state index >= 15 is 0 Å². The van der Waals surface area contributed by atoms with Crippen LogP contribution < -0.4 is 15.8 Å². The number of nitrogens with two attached hydrogens (primary N) is 1. The number of carbonyl (C=O) groups is 2. The van der Waals surface area contributed by atoms with Gasteiger partial charge in [-0.05, 0) is 83.0 Å². The van der Waals surface area contributed by atoms with Crippen molar-refractivity contribution in [1.82, 2.24) is 9.62 Å². The lowest BCUT2D eigenvalue weighted by Gasteiger charge is -2.30. The maximum Gasteiger partial charge on any atom is 0.291 e. The van der Waals surface area contributed by atoms with Gasteiger partial charge in [0.15, 0.2) is 5.76 Å². The third-order valence-electron chi connectivity index (χ3n) is 5.43. The number of amides is 2. The lowest BCUT2D eigenvalue weighted by molar-refractivity contribution is -0.123. The van der Waals surface area contributed by atoms with Gasteiger partial charge in [0, 0.05) is 23.7 Å². The molecule has 0 aliphatic carbocycles. The molecule has 1 aliphatic rings. The molecule has 2 aromatic rings. The highest BCUT2D eigenvalue weighted by Crippen LogP contribution is 2.19. The highest BCUT2D eigenvalue weighted by atomic mass is 32.2. The molecule has 0 saturated carbocycles. The van der Waals surface area contributed by atoms with Crippen molar-refractivity contribution in [3.8, 4) is 0 Å². The minimum absolute atomic E-state index is 0.00996. The van der Waals surface area contributed by atoms with Gasteiger partial charge in [0.2, 0.25) is 11.0 Å². The van der Waals surface area contributed by atoms with Crippen molar-refractivity contribution in [1.29, 1.82) is 0 Å². The van der Waals surface area contributed by atoms with E-state index in [4.69, 9.17) is 10.2 Å². The van der Waals surface area contributed by atoms with E-state index in [1.165, 1.54) is 12.1 Å². The molecule has 180 valence electrons. The molecule has 0 unspecified atom stereocenters. The summed E-state index contributed by atoms with van der Waals surface area (Å²) in [6, 6.07) is 10.1. The second kappa shape index (κ2) is 10.1. The first-order valence-corrected chi connectivity index (χ1v) is 12.5. The quantitative estimate of drug-likeness (QED) is 0.535. The van der Waals surface area contributed by atoms with Crippen LogP contribution >= 0.6 is 0 Å². The summed E-state index contributed by atoms with van der Waals surface area (Å²) in [4.78, 5) is 26.1. The molecule has 1 aliphatic heterocycles. The van der Waals surface area contributed by atoms with Crippen LogP contribution in [-0.4, -0.2) is 50.3 Å². The number of sulfonamides is 1. The molecule has 1 fully saturated rings. The van der Waals surface area contributed by atoms with E-state index in [-0.39, 0.29) is 22.7 Å². The van der Waals surface area contributed by atoms with E-state index < -0.39 is 21.5 Å². The molecule has 1 aromatic carbocycles. The number of primary amides is 1. The van der Waals surface area contributed by atoms with Crippen molar-refractivity contribution < 1.29 is 22.4 Å². The molecule has 9 nitrogen and oxygen atoms in total. The molecule has 1 saturated heterocycles. The molecule has 33 heavy (non-hydrogen) atoms. The first-order valence-electron chi connectivity index (χ1n) is 11.0. The first-order chi connectivity index (χ1) is 15.4. The Labute approximate surface area is 194 Å². The normalized spacial score (nSPS) is 16.0. The zero-order valence-electron chi connectivity index (χ0n) is 19.3. The molecule has 4 N–H and O–H groups in total. The molecule has 0 radical (unpaired) electrons. The minimum Gasteiger partial charge on any atom is -0.438 e. The number of hydrogen-bond donors (Lipinski definition) is 3. The zero-order valence-corrected chi connectivity index (χ0v) is 20.1. The number of likely N-dealkylation sites (tertiary alicyclic amines) is 1. The SMILES string of the molecule is CC(C)(C)NS(=O)(=O)c1ccc(C(=O)Nc2ccc(CCN3CCC(C(N)=O)CC3)cc2)o1. The summed E-state index contributed by atoms with van der Waals surface area (Å²) in [6.07, 6.45) is 2.47. The van der Waals surface area contributed by atoms with Gasteiger partial charge in [-0.15, -0.1) is 0 Å². The lowest BCUT2D eigenvalue weighted by atomic mass is 9.96. The van der Waals surface area contributed by atoms with Crippen LogP contribution in [0.1, 0.15) is 49.7 Å². The van der Waals surface area contributed by atoms with Crippen LogP contribution in [0, 0.1) is 5.92 Å². The number of hydrogen-bond acceptors (Lipinski definition) is 6. The fraction of sp³-hybridized carbons (Fsp3) is 0.478. The predicted molar refractivity (Wildman–Crippen MR) is 125 cm³/mol. The Morgan fingerprint density at radius 1 is 1.09 bits per heavy atom. The van der Waals surface area contributed by atoms with Crippen molar-refractivity contribution in [2.24, 2.45) is 11.7 Å². The monoisotopic (exact) mass is 476 g/mol.